The quantitative estimate of drug-likeness (QED) is 0.505. The maximum atomic E-state index is 11.5. The van der Waals surface area contributed by atoms with Crippen molar-refractivity contribution in [3.8, 4) is 0 Å². The van der Waals surface area contributed by atoms with Gasteiger partial charge in [0, 0.05) is 0 Å². The fourth-order valence-electron chi connectivity index (χ4n) is 1.62. The molecular formula is C8H14N5OS+. The van der Waals surface area contributed by atoms with Crippen LogP contribution < -0.4 is 21.9 Å². The van der Waals surface area contributed by atoms with Gasteiger partial charge in [0.15, 0.2) is 4.77 Å². The Morgan fingerprint density at radius 3 is 3.00 bits per heavy atom. The molecular weight excluding hydrogens is 214 g/mol. The number of rotatable bonds is 2. The van der Waals surface area contributed by atoms with Gasteiger partial charge in [0.2, 0.25) is 0 Å². The molecule has 1 unspecified atom stereocenters. The van der Waals surface area contributed by atoms with Gasteiger partial charge in [-0.2, -0.15) is 0 Å². The number of hydrogen-bond donors (Lipinski definition) is 4. The molecule has 0 aromatic carbocycles. The molecule has 2 heterocycles. The van der Waals surface area contributed by atoms with Gasteiger partial charge in [-0.05, 0) is 19.1 Å². The van der Waals surface area contributed by atoms with Gasteiger partial charge in [-0.15, -0.1) is 0 Å². The SMILES string of the molecule is CC([NH3+])Cn1c2c(c(=O)[nH]c1=S)NCN2. The number of nitrogens with zero attached hydrogens (tertiary/aromatic N) is 1. The van der Waals surface area contributed by atoms with E-state index in [2.05, 4.69) is 21.4 Å². The van der Waals surface area contributed by atoms with E-state index in [9.17, 15) is 4.79 Å². The van der Waals surface area contributed by atoms with Crippen molar-refractivity contribution in [2.45, 2.75) is 19.5 Å². The standard InChI is InChI=1S/C8H13N5OS/c1-4(9)2-13-6-5(10-3-11-6)7(14)12-8(13)15/h4,10-11H,2-3,9H2,1H3,(H,12,14,15)/p+1. The van der Waals surface area contributed by atoms with E-state index in [-0.39, 0.29) is 11.6 Å². The number of quaternary nitrogens is 1. The Balaban J connectivity index is 2.59. The molecule has 0 fully saturated rings. The average Bonchev–Trinajstić information content (AvgIpc) is 2.60. The lowest BCUT2D eigenvalue weighted by Gasteiger charge is -2.12. The van der Waals surface area contributed by atoms with E-state index < -0.39 is 0 Å². The Hall–Kier alpha value is -1.34. The highest BCUT2D eigenvalue weighted by atomic mass is 32.1. The number of anilines is 2. The fourth-order valence-corrected chi connectivity index (χ4v) is 1.88. The van der Waals surface area contributed by atoms with Crippen LogP contribution in [0.4, 0.5) is 11.5 Å². The number of hydrogen-bond acceptors (Lipinski definition) is 4. The van der Waals surface area contributed by atoms with Crippen molar-refractivity contribution in [3.05, 3.63) is 15.1 Å². The monoisotopic (exact) mass is 228 g/mol. The van der Waals surface area contributed by atoms with Crippen LogP contribution in [-0.2, 0) is 6.54 Å². The second kappa shape index (κ2) is 3.67. The van der Waals surface area contributed by atoms with Crippen molar-refractivity contribution in [1.82, 2.24) is 9.55 Å². The molecule has 1 aromatic rings. The van der Waals surface area contributed by atoms with Crippen molar-refractivity contribution >= 4 is 23.7 Å². The first-order valence-corrected chi connectivity index (χ1v) is 5.18. The summed E-state index contributed by atoms with van der Waals surface area (Å²) in [6, 6.07) is 0.231. The second-order valence-corrected chi connectivity index (χ2v) is 4.12. The molecule has 0 radical (unpaired) electrons. The normalized spacial score (nSPS) is 15.3. The van der Waals surface area contributed by atoms with Crippen molar-refractivity contribution in [1.29, 1.82) is 0 Å². The molecule has 7 heteroatoms. The zero-order valence-electron chi connectivity index (χ0n) is 8.46. The number of H-pyrrole nitrogens is 1. The van der Waals surface area contributed by atoms with E-state index in [0.29, 0.717) is 23.7 Å². The van der Waals surface area contributed by atoms with E-state index in [1.165, 1.54) is 0 Å². The molecule has 15 heavy (non-hydrogen) atoms. The Morgan fingerprint density at radius 1 is 1.60 bits per heavy atom. The number of nitrogens with one attached hydrogen (secondary N) is 3. The third-order valence-corrected chi connectivity index (χ3v) is 2.54. The second-order valence-electron chi connectivity index (χ2n) is 3.73. The Labute approximate surface area is 91.5 Å². The van der Waals surface area contributed by atoms with E-state index in [0.717, 1.165) is 5.82 Å². The zero-order valence-corrected chi connectivity index (χ0v) is 9.28. The molecule has 1 aromatic heterocycles. The highest BCUT2D eigenvalue weighted by molar-refractivity contribution is 7.71. The molecule has 0 amide bonds. The molecule has 1 aliphatic heterocycles. The largest absolute Gasteiger partial charge is 0.360 e. The molecule has 6 nitrogen and oxygen atoms in total. The van der Waals surface area contributed by atoms with Gasteiger partial charge in [-0.25, -0.2) is 0 Å². The van der Waals surface area contributed by atoms with E-state index in [4.69, 9.17) is 12.2 Å². The molecule has 82 valence electrons. The first-order valence-electron chi connectivity index (χ1n) is 4.77. The van der Waals surface area contributed by atoms with Gasteiger partial charge >= 0.3 is 0 Å². The van der Waals surface area contributed by atoms with Crippen molar-refractivity contribution in [2.24, 2.45) is 0 Å². The third kappa shape index (κ3) is 1.75. The molecule has 1 atom stereocenters. The average molecular weight is 228 g/mol. The van der Waals surface area contributed by atoms with Gasteiger partial charge in [0.1, 0.15) is 11.5 Å². The summed E-state index contributed by atoms with van der Waals surface area (Å²) >= 11 is 5.11. The minimum atomic E-state index is -0.173. The lowest BCUT2D eigenvalue weighted by Crippen LogP contribution is -2.61. The summed E-state index contributed by atoms with van der Waals surface area (Å²) in [6.45, 7) is 3.25. The van der Waals surface area contributed by atoms with Crippen LogP contribution in [0.1, 0.15) is 6.92 Å². The van der Waals surface area contributed by atoms with Crippen LogP contribution >= 0.6 is 12.2 Å². The maximum absolute atomic E-state index is 11.5. The molecule has 1 aliphatic rings. The van der Waals surface area contributed by atoms with Crippen molar-refractivity contribution < 1.29 is 5.73 Å². The van der Waals surface area contributed by atoms with Crippen molar-refractivity contribution in [3.63, 3.8) is 0 Å². The van der Waals surface area contributed by atoms with Crippen LogP contribution in [-0.4, -0.2) is 22.3 Å². The summed E-state index contributed by atoms with van der Waals surface area (Å²) in [5.41, 5.74) is 4.30. The Bertz CT molecular complexity index is 489. The van der Waals surface area contributed by atoms with Crippen LogP contribution in [0.25, 0.3) is 0 Å². The molecule has 0 saturated heterocycles. The van der Waals surface area contributed by atoms with Crippen LogP contribution in [0.2, 0.25) is 0 Å². The third-order valence-electron chi connectivity index (χ3n) is 2.21. The highest BCUT2D eigenvalue weighted by Crippen LogP contribution is 2.21. The predicted octanol–water partition coefficient (Wildman–Crippen LogP) is -0.669. The number of aromatic nitrogens is 2. The summed E-state index contributed by atoms with van der Waals surface area (Å²) in [4.78, 5) is 14.2. The summed E-state index contributed by atoms with van der Waals surface area (Å²) in [5.74, 6) is 0.763. The summed E-state index contributed by atoms with van der Waals surface area (Å²) in [5, 5.41) is 6.06. The molecule has 0 aliphatic carbocycles. The molecule has 6 N–H and O–H groups in total. The minimum absolute atomic E-state index is 0.173. The maximum Gasteiger partial charge on any atom is 0.277 e. The highest BCUT2D eigenvalue weighted by Gasteiger charge is 2.18. The predicted molar refractivity (Wildman–Crippen MR) is 60.3 cm³/mol. The molecule has 0 saturated carbocycles. The first-order chi connectivity index (χ1) is 7.09. The van der Waals surface area contributed by atoms with Gasteiger partial charge in [-0.3, -0.25) is 14.3 Å². The lowest BCUT2D eigenvalue weighted by atomic mass is 10.3. The van der Waals surface area contributed by atoms with Gasteiger partial charge in [0.25, 0.3) is 5.56 Å². The fraction of sp³-hybridized carbons (Fsp3) is 0.500. The van der Waals surface area contributed by atoms with Crippen LogP contribution in [0.5, 0.6) is 0 Å². The topological polar surface area (TPSA) is 89.5 Å². The number of fused-ring (bicyclic) bond motifs is 1. The van der Waals surface area contributed by atoms with E-state index >= 15 is 0 Å². The van der Waals surface area contributed by atoms with E-state index in [1.54, 1.807) is 0 Å². The summed E-state index contributed by atoms with van der Waals surface area (Å²) in [7, 11) is 0. The van der Waals surface area contributed by atoms with Crippen LogP contribution in [0.3, 0.4) is 0 Å². The number of aromatic amines is 1. The molecule has 2 rings (SSSR count). The Kier molecular flexibility index (Phi) is 2.49. The minimum Gasteiger partial charge on any atom is -0.360 e. The Morgan fingerprint density at radius 2 is 2.33 bits per heavy atom. The lowest BCUT2D eigenvalue weighted by molar-refractivity contribution is -0.416. The summed E-state index contributed by atoms with van der Waals surface area (Å²) in [6.07, 6.45) is 0. The summed E-state index contributed by atoms with van der Waals surface area (Å²) < 4.78 is 2.30. The first kappa shape index (κ1) is 10.2. The molecule has 0 spiro atoms. The van der Waals surface area contributed by atoms with Gasteiger partial charge < -0.3 is 16.4 Å². The van der Waals surface area contributed by atoms with Crippen LogP contribution in [0, 0.1) is 4.77 Å². The van der Waals surface area contributed by atoms with E-state index in [1.807, 2.05) is 11.5 Å². The van der Waals surface area contributed by atoms with Gasteiger partial charge in [-0.1, -0.05) is 0 Å². The molecule has 0 bridgehead atoms. The smallest absolute Gasteiger partial charge is 0.277 e. The van der Waals surface area contributed by atoms with Crippen molar-refractivity contribution in [2.75, 3.05) is 17.3 Å². The van der Waals surface area contributed by atoms with Crippen LogP contribution in [0.15, 0.2) is 4.79 Å². The van der Waals surface area contributed by atoms with Gasteiger partial charge in [0.05, 0.1) is 19.3 Å². The zero-order chi connectivity index (χ0) is 11.0.